The lowest BCUT2D eigenvalue weighted by Gasteiger charge is -2.24. The van der Waals surface area contributed by atoms with Crippen molar-refractivity contribution in [2.45, 2.75) is 19.9 Å². The number of nitrogens with zero attached hydrogens (tertiary/aromatic N) is 1. The van der Waals surface area contributed by atoms with Crippen molar-refractivity contribution in [3.05, 3.63) is 95.1 Å². The molecule has 0 atom stereocenters. The smallest absolute Gasteiger partial charge is 0.254 e. The minimum absolute atomic E-state index is 0.0359. The summed E-state index contributed by atoms with van der Waals surface area (Å²) in [4.78, 5) is 15.2. The quantitative estimate of drug-likeness (QED) is 0.550. The van der Waals surface area contributed by atoms with Crippen LogP contribution in [0.1, 0.15) is 27.0 Å². The molecule has 0 aromatic heterocycles. The van der Waals surface area contributed by atoms with E-state index in [0.29, 0.717) is 13.1 Å². The van der Waals surface area contributed by atoms with Gasteiger partial charge in [-0.3, -0.25) is 4.79 Å². The van der Waals surface area contributed by atoms with E-state index in [4.69, 9.17) is 9.47 Å². The lowest BCUT2D eigenvalue weighted by atomic mass is 10.1. The van der Waals surface area contributed by atoms with Crippen molar-refractivity contribution in [1.82, 2.24) is 4.90 Å². The van der Waals surface area contributed by atoms with E-state index in [0.717, 1.165) is 40.2 Å². The second-order valence-corrected chi connectivity index (χ2v) is 6.95. The fraction of sp³-hybridized carbons (Fsp3) is 0.240. The predicted molar refractivity (Wildman–Crippen MR) is 116 cm³/mol. The van der Waals surface area contributed by atoms with Crippen LogP contribution >= 0.6 is 0 Å². The normalized spacial score (nSPS) is 10.4. The van der Waals surface area contributed by atoms with Crippen LogP contribution < -0.4 is 9.47 Å². The topological polar surface area (TPSA) is 38.8 Å². The highest BCUT2D eigenvalue weighted by Gasteiger charge is 2.18. The van der Waals surface area contributed by atoms with Gasteiger partial charge in [-0.2, -0.15) is 0 Å². The zero-order valence-corrected chi connectivity index (χ0v) is 17.2. The van der Waals surface area contributed by atoms with Crippen LogP contribution in [-0.2, 0) is 13.0 Å². The van der Waals surface area contributed by atoms with Crippen molar-refractivity contribution in [1.29, 1.82) is 0 Å². The first-order valence-corrected chi connectivity index (χ1v) is 9.72. The molecular formula is C25H27NO3. The molecule has 0 unspecified atom stereocenters. The number of hydrogen-bond acceptors (Lipinski definition) is 3. The van der Waals surface area contributed by atoms with Gasteiger partial charge in [0.05, 0.1) is 14.2 Å². The van der Waals surface area contributed by atoms with E-state index in [1.807, 2.05) is 84.6 Å². The summed E-state index contributed by atoms with van der Waals surface area (Å²) in [6, 6.07) is 23.5. The second-order valence-electron chi connectivity index (χ2n) is 6.95. The van der Waals surface area contributed by atoms with E-state index in [1.54, 1.807) is 14.2 Å². The Morgan fingerprint density at radius 2 is 1.55 bits per heavy atom. The van der Waals surface area contributed by atoms with Crippen LogP contribution in [0.4, 0.5) is 0 Å². The van der Waals surface area contributed by atoms with Gasteiger partial charge in [-0.1, -0.05) is 48.5 Å². The zero-order chi connectivity index (χ0) is 20.6. The molecule has 0 aliphatic heterocycles. The van der Waals surface area contributed by atoms with Gasteiger partial charge in [0.25, 0.3) is 5.91 Å². The molecule has 1 amide bonds. The molecule has 4 nitrogen and oxygen atoms in total. The van der Waals surface area contributed by atoms with Gasteiger partial charge < -0.3 is 14.4 Å². The SMILES string of the molecule is COc1ccc(CN(CCc2ccccc2OC)C(=O)c2ccccc2C)cc1. The van der Waals surface area contributed by atoms with Gasteiger partial charge in [0.15, 0.2) is 0 Å². The van der Waals surface area contributed by atoms with Gasteiger partial charge in [-0.15, -0.1) is 0 Å². The number of carbonyl (C=O) groups excluding carboxylic acids is 1. The van der Waals surface area contributed by atoms with E-state index in [1.165, 1.54) is 0 Å². The Hall–Kier alpha value is -3.27. The van der Waals surface area contributed by atoms with Crippen LogP contribution in [-0.4, -0.2) is 31.6 Å². The van der Waals surface area contributed by atoms with Gasteiger partial charge in [0.2, 0.25) is 0 Å². The zero-order valence-electron chi connectivity index (χ0n) is 17.2. The molecule has 3 aromatic carbocycles. The summed E-state index contributed by atoms with van der Waals surface area (Å²) < 4.78 is 10.7. The first-order valence-electron chi connectivity index (χ1n) is 9.72. The number of aryl methyl sites for hydroxylation is 1. The Morgan fingerprint density at radius 3 is 2.24 bits per heavy atom. The highest BCUT2D eigenvalue weighted by atomic mass is 16.5. The average Bonchev–Trinajstić information content (AvgIpc) is 2.77. The van der Waals surface area contributed by atoms with E-state index < -0.39 is 0 Å². The minimum Gasteiger partial charge on any atom is -0.497 e. The summed E-state index contributed by atoms with van der Waals surface area (Å²) >= 11 is 0. The van der Waals surface area contributed by atoms with Crippen LogP contribution in [0, 0.1) is 6.92 Å². The molecule has 0 radical (unpaired) electrons. The molecule has 3 aromatic rings. The maximum Gasteiger partial charge on any atom is 0.254 e. The summed E-state index contributed by atoms with van der Waals surface area (Å²) in [7, 11) is 3.32. The number of benzene rings is 3. The molecule has 0 aliphatic rings. The standard InChI is InChI=1S/C25H27NO3/c1-19-8-4-6-10-23(19)25(27)26(18-20-12-14-22(28-2)15-13-20)17-16-21-9-5-7-11-24(21)29-3/h4-15H,16-18H2,1-3H3. The fourth-order valence-corrected chi connectivity index (χ4v) is 3.35. The summed E-state index contributed by atoms with van der Waals surface area (Å²) in [6.07, 6.45) is 0.720. The first kappa shape index (κ1) is 20.5. The lowest BCUT2D eigenvalue weighted by molar-refractivity contribution is 0.0744. The van der Waals surface area contributed by atoms with Gasteiger partial charge in [-0.25, -0.2) is 0 Å². The van der Waals surface area contributed by atoms with Crippen molar-refractivity contribution in [2.75, 3.05) is 20.8 Å². The van der Waals surface area contributed by atoms with E-state index in [9.17, 15) is 4.79 Å². The van der Waals surface area contributed by atoms with Gasteiger partial charge in [0, 0.05) is 18.7 Å². The van der Waals surface area contributed by atoms with Crippen LogP contribution in [0.3, 0.4) is 0 Å². The second kappa shape index (κ2) is 9.78. The third-order valence-corrected chi connectivity index (χ3v) is 5.04. The van der Waals surface area contributed by atoms with Crippen LogP contribution in [0.15, 0.2) is 72.8 Å². The number of ether oxygens (including phenoxy) is 2. The molecular weight excluding hydrogens is 362 g/mol. The van der Waals surface area contributed by atoms with Crippen LogP contribution in [0.25, 0.3) is 0 Å². The number of carbonyl (C=O) groups is 1. The average molecular weight is 389 g/mol. The van der Waals surface area contributed by atoms with Crippen molar-refractivity contribution in [3.8, 4) is 11.5 Å². The Bertz CT molecular complexity index is 950. The maximum absolute atomic E-state index is 13.3. The summed E-state index contributed by atoms with van der Waals surface area (Å²) in [6.45, 7) is 3.10. The molecule has 0 bridgehead atoms. The number of hydrogen-bond donors (Lipinski definition) is 0. The Kier molecular flexibility index (Phi) is 6.90. The Labute approximate surface area is 172 Å². The molecule has 0 heterocycles. The van der Waals surface area contributed by atoms with Crippen LogP contribution in [0.2, 0.25) is 0 Å². The van der Waals surface area contributed by atoms with Gasteiger partial charge >= 0.3 is 0 Å². The predicted octanol–water partition coefficient (Wildman–Crippen LogP) is 4.90. The molecule has 0 spiro atoms. The molecule has 0 aliphatic carbocycles. The lowest BCUT2D eigenvalue weighted by Crippen LogP contribution is -2.33. The molecule has 3 rings (SSSR count). The summed E-state index contributed by atoms with van der Waals surface area (Å²) in [5, 5.41) is 0. The number of para-hydroxylation sites is 1. The number of rotatable bonds is 8. The molecule has 150 valence electrons. The Morgan fingerprint density at radius 1 is 0.862 bits per heavy atom. The van der Waals surface area contributed by atoms with Crippen molar-refractivity contribution >= 4 is 5.91 Å². The van der Waals surface area contributed by atoms with Crippen molar-refractivity contribution in [2.24, 2.45) is 0 Å². The largest absolute Gasteiger partial charge is 0.497 e. The maximum atomic E-state index is 13.3. The van der Waals surface area contributed by atoms with Gasteiger partial charge in [-0.05, 0) is 54.3 Å². The van der Waals surface area contributed by atoms with Crippen molar-refractivity contribution < 1.29 is 14.3 Å². The monoisotopic (exact) mass is 389 g/mol. The minimum atomic E-state index is 0.0359. The molecule has 0 N–H and O–H groups in total. The number of amides is 1. The van der Waals surface area contributed by atoms with Gasteiger partial charge in [0.1, 0.15) is 11.5 Å². The van der Waals surface area contributed by atoms with E-state index >= 15 is 0 Å². The third-order valence-electron chi connectivity index (χ3n) is 5.04. The van der Waals surface area contributed by atoms with Crippen LogP contribution in [0.5, 0.6) is 11.5 Å². The molecule has 29 heavy (non-hydrogen) atoms. The number of methoxy groups -OCH3 is 2. The summed E-state index contributed by atoms with van der Waals surface area (Å²) in [5.41, 5.74) is 3.87. The molecule has 0 fully saturated rings. The Balaban J connectivity index is 1.83. The highest BCUT2D eigenvalue weighted by molar-refractivity contribution is 5.95. The summed E-state index contributed by atoms with van der Waals surface area (Å²) in [5.74, 6) is 1.69. The molecule has 4 heteroatoms. The highest BCUT2D eigenvalue weighted by Crippen LogP contribution is 2.20. The fourth-order valence-electron chi connectivity index (χ4n) is 3.35. The third kappa shape index (κ3) is 5.17. The molecule has 0 saturated carbocycles. The van der Waals surface area contributed by atoms with E-state index in [2.05, 4.69) is 0 Å². The van der Waals surface area contributed by atoms with Crippen molar-refractivity contribution in [3.63, 3.8) is 0 Å². The molecule has 0 saturated heterocycles. The first-order chi connectivity index (χ1) is 14.1. The van der Waals surface area contributed by atoms with E-state index in [-0.39, 0.29) is 5.91 Å².